The molecule has 2 N–H and O–H groups in total. The van der Waals surface area contributed by atoms with Crippen LogP contribution < -0.4 is 15.4 Å². The molecule has 4 aromatic rings. The number of para-hydroxylation sites is 2. The van der Waals surface area contributed by atoms with Gasteiger partial charge in [-0.2, -0.15) is 4.98 Å². The number of nitrogens with one attached hydrogen (secondary N) is 2. The Morgan fingerprint density at radius 2 is 1.72 bits per heavy atom. The number of anilines is 2. The van der Waals surface area contributed by atoms with Crippen LogP contribution in [0.2, 0.25) is 0 Å². The number of ether oxygens (including phenoxy) is 1. The molecule has 9 heteroatoms. The number of nitrogens with zero attached hydrogens (tertiary/aromatic N) is 3. The van der Waals surface area contributed by atoms with E-state index in [1.165, 1.54) is 11.8 Å². The second-order valence-electron chi connectivity index (χ2n) is 9.32. The minimum absolute atomic E-state index is 0.00219. The molecular weight excluding hydrogens is 510 g/mol. The molecule has 5 rings (SSSR count). The molecule has 0 unspecified atom stereocenters. The van der Waals surface area contributed by atoms with Gasteiger partial charge in [0.1, 0.15) is 11.8 Å². The van der Waals surface area contributed by atoms with E-state index in [4.69, 9.17) is 9.84 Å². The lowest BCUT2D eigenvalue weighted by molar-refractivity contribution is -0.113. The monoisotopic (exact) mass is 539 g/mol. The van der Waals surface area contributed by atoms with Crippen molar-refractivity contribution in [3.8, 4) is 5.75 Å². The number of amides is 1. The standard InChI is InChI=1S/C30H29N5O3S/c1-18-13-15-21(16-14-18)24(36)17-39-30-33-29-31-20(3)26(28(37)32-23-11-7-8-12-25(23)38-4)27(35(29)34-30)22-10-6-5-9-19(22)2/h5-16,27H,17H2,1-4H3,(H,32,37)(H,31,33,34)/t27-/m0/s1. The minimum Gasteiger partial charge on any atom is -0.495 e. The van der Waals surface area contributed by atoms with Crippen molar-refractivity contribution in [3.63, 3.8) is 0 Å². The van der Waals surface area contributed by atoms with Crippen molar-refractivity contribution in [2.75, 3.05) is 23.5 Å². The van der Waals surface area contributed by atoms with Gasteiger partial charge in [0.25, 0.3) is 5.91 Å². The van der Waals surface area contributed by atoms with Gasteiger partial charge in [0.2, 0.25) is 11.1 Å². The number of rotatable bonds is 8. The van der Waals surface area contributed by atoms with E-state index < -0.39 is 6.04 Å². The molecule has 3 aromatic carbocycles. The molecule has 1 amide bonds. The first-order chi connectivity index (χ1) is 18.9. The Balaban J connectivity index is 1.47. The Labute approximate surface area is 231 Å². The average molecular weight is 540 g/mol. The molecule has 0 saturated carbocycles. The number of benzene rings is 3. The third-order valence-electron chi connectivity index (χ3n) is 6.62. The van der Waals surface area contributed by atoms with E-state index in [0.717, 1.165) is 16.7 Å². The van der Waals surface area contributed by atoms with Crippen molar-refractivity contribution in [1.29, 1.82) is 0 Å². The fourth-order valence-electron chi connectivity index (χ4n) is 4.56. The van der Waals surface area contributed by atoms with Gasteiger partial charge in [-0.25, -0.2) is 4.68 Å². The lowest BCUT2D eigenvalue weighted by Gasteiger charge is -2.29. The molecule has 1 aliphatic heterocycles. The van der Waals surface area contributed by atoms with E-state index >= 15 is 0 Å². The smallest absolute Gasteiger partial charge is 0.255 e. The van der Waals surface area contributed by atoms with Crippen LogP contribution in [0.4, 0.5) is 11.6 Å². The van der Waals surface area contributed by atoms with E-state index in [2.05, 4.69) is 15.6 Å². The van der Waals surface area contributed by atoms with Gasteiger partial charge in [0.05, 0.1) is 24.1 Å². The maximum Gasteiger partial charge on any atom is 0.255 e. The topological polar surface area (TPSA) is 98.1 Å². The van der Waals surface area contributed by atoms with Crippen molar-refractivity contribution >= 4 is 35.1 Å². The zero-order chi connectivity index (χ0) is 27.5. The van der Waals surface area contributed by atoms with Crippen molar-refractivity contribution in [1.82, 2.24) is 14.8 Å². The van der Waals surface area contributed by atoms with Gasteiger partial charge in [-0.05, 0) is 44.0 Å². The minimum atomic E-state index is -0.521. The Hall–Kier alpha value is -4.37. The van der Waals surface area contributed by atoms with Gasteiger partial charge in [-0.3, -0.25) is 9.59 Å². The summed E-state index contributed by atoms with van der Waals surface area (Å²) >= 11 is 1.27. The Bertz CT molecular complexity index is 1580. The lowest BCUT2D eigenvalue weighted by Crippen LogP contribution is -2.32. The highest BCUT2D eigenvalue weighted by atomic mass is 32.2. The van der Waals surface area contributed by atoms with Crippen LogP contribution in [0.5, 0.6) is 5.75 Å². The number of ketones is 1. The van der Waals surface area contributed by atoms with Gasteiger partial charge >= 0.3 is 0 Å². The number of Topliss-reactive ketones (excluding diaryl/α,β-unsaturated/α-hetero) is 1. The van der Waals surface area contributed by atoms with E-state index in [1.807, 2.05) is 81.4 Å². The predicted octanol–water partition coefficient (Wildman–Crippen LogP) is 5.81. The fraction of sp³-hybridized carbons (Fsp3) is 0.200. The molecule has 39 heavy (non-hydrogen) atoms. The van der Waals surface area contributed by atoms with Gasteiger partial charge in [0.15, 0.2) is 5.78 Å². The van der Waals surface area contributed by atoms with E-state index in [0.29, 0.717) is 39.4 Å². The highest BCUT2D eigenvalue weighted by Gasteiger charge is 2.35. The fourth-order valence-corrected chi connectivity index (χ4v) is 5.28. The van der Waals surface area contributed by atoms with E-state index in [9.17, 15) is 9.59 Å². The zero-order valence-electron chi connectivity index (χ0n) is 22.2. The average Bonchev–Trinajstić information content (AvgIpc) is 3.34. The third kappa shape index (κ3) is 5.44. The van der Waals surface area contributed by atoms with Crippen LogP contribution in [0, 0.1) is 13.8 Å². The number of carbonyl (C=O) groups excluding carboxylic acids is 2. The molecule has 0 saturated heterocycles. The largest absolute Gasteiger partial charge is 0.495 e. The Morgan fingerprint density at radius 3 is 2.46 bits per heavy atom. The quantitative estimate of drug-likeness (QED) is 0.216. The summed E-state index contributed by atoms with van der Waals surface area (Å²) in [5.74, 6) is 1.01. The van der Waals surface area contributed by atoms with Crippen LogP contribution in [0.15, 0.2) is 89.2 Å². The Kier molecular flexibility index (Phi) is 7.51. The van der Waals surface area contributed by atoms with Crippen molar-refractivity contribution in [2.45, 2.75) is 32.0 Å². The van der Waals surface area contributed by atoms with Crippen molar-refractivity contribution < 1.29 is 14.3 Å². The first-order valence-corrected chi connectivity index (χ1v) is 13.5. The maximum absolute atomic E-state index is 13.8. The summed E-state index contributed by atoms with van der Waals surface area (Å²) < 4.78 is 7.16. The van der Waals surface area contributed by atoms with Crippen LogP contribution in [0.1, 0.15) is 40.0 Å². The number of hydrogen-bond donors (Lipinski definition) is 2. The number of allylic oxidation sites excluding steroid dienone is 1. The number of methoxy groups -OCH3 is 1. The SMILES string of the molecule is COc1ccccc1NC(=O)C1=C(C)Nc2nc(SCC(=O)c3ccc(C)cc3)nn2[C@H]1c1ccccc1C. The molecular formula is C30H29N5O3S. The molecule has 0 spiro atoms. The van der Waals surface area contributed by atoms with Crippen LogP contribution in [-0.4, -0.2) is 39.3 Å². The summed E-state index contributed by atoms with van der Waals surface area (Å²) in [6, 6.07) is 22.2. The molecule has 0 aliphatic carbocycles. The van der Waals surface area contributed by atoms with Gasteiger partial charge in [-0.15, -0.1) is 5.10 Å². The highest BCUT2D eigenvalue weighted by molar-refractivity contribution is 7.99. The Morgan fingerprint density at radius 1 is 1.00 bits per heavy atom. The lowest BCUT2D eigenvalue weighted by atomic mass is 9.92. The number of fused-ring (bicyclic) bond motifs is 1. The van der Waals surface area contributed by atoms with Crippen LogP contribution in [-0.2, 0) is 4.79 Å². The number of aromatic nitrogens is 3. The molecule has 0 bridgehead atoms. The summed E-state index contributed by atoms with van der Waals surface area (Å²) in [6.45, 7) is 5.85. The summed E-state index contributed by atoms with van der Waals surface area (Å²) in [5.41, 5.74) is 5.46. The zero-order valence-corrected chi connectivity index (χ0v) is 23.0. The van der Waals surface area contributed by atoms with E-state index in [1.54, 1.807) is 23.9 Å². The molecule has 8 nitrogen and oxygen atoms in total. The second kappa shape index (κ2) is 11.2. The number of thioether (sulfide) groups is 1. The first kappa shape index (κ1) is 26.2. The third-order valence-corrected chi connectivity index (χ3v) is 7.46. The molecule has 0 fully saturated rings. The number of hydrogen-bond acceptors (Lipinski definition) is 7. The van der Waals surface area contributed by atoms with Gasteiger partial charge in [0, 0.05) is 11.3 Å². The normalized spacial score (nSPS) is 14.4. The summed E-state index contributed by atoms with van der Waals surface area (Å²) in [4.78, 5) is 31.2. The number of carbonyl (C=O) groups is 2. The maximum atomic E-state index is 13.8. The highest BCUT2D eigenvalue weighted by Crippen LogP contribution is 2.38. The summed E-state index contributed by atoms with van der Waals surface area (Å²) in [7, 11) is 1.57. The molecule has 0 radical (unpaired) electrons. The van der Waals surface area contributed by atoms with Crippen molar-refractivity contribution in [2.24, 2.45) is 0 Å². The molecule has 1 aromatic heterocycles. The molecule has 1 aliphatic rings. The molecule has 198 valence electrons. The van der Waals surface area contributed by atoms with Crippen molar-refractivity contribution in [3.05, 3.63) is 106 Å². The predicted molar refractivity (Wildman–Crippen MR) is 154 cm³/mol. The first-order valence-electron chi connectivity index (χ1n) is 12.5. The molecule has 1 atom stereocenters. The second-order valence-corrected chi connectivity index (χ2v) is 10.3. The summed E-state index contributed by atoms with van der Waals surface area (Å²) in [6.07, 6.45) is 0. The molecule has 2 heterocycles. The van der Waals surface area contributed by atoms with Crippen LogP contribution in [0.3, 0.4) is 0 Å². The van der Waals surface area contributed by atoms with Crippen LogP contribution >= 0.6 is 11.8 Å². The number of aryl methyl sites for hydroxylation is 2. The van der Waals surface area contributed by atoms with E-state index in [-0.39, 0.29) is 17.4 Å². The van der Waals surface area contributed by atoms with Crippen LogP contribution in [0.25, 0.3) is 0 Å². The van der Waals surface area contributed by atoms with Gasteiger partial charge in [-0.1, -0.05) is 78.0 Å². The van der Waals surface area contributed by atoms with Gasteiger partial charge < -0.3 is 15.4 Å². The summed E-state index contributed by atoms with van der Waals surface area (Å²) in [5, 5.41) is 11.5.